The molecule has 1 amide bonds. The standard InChI is InChI=1S/C22H27N3O2/c1-14-7-8-15(2)25(14)12-11-21(26)23-20-6-4-5-17-18-13-16(27-3)9-10-19(18)24-22(17)20/h7-10,13,20,24H,4-6,11-12H2,1-3H3,(H,23,26). The van der Waals surface area contributed by atoms with Crippen molar-refractivity contribution in [3.63, 3.8) is 0 Å². The van der Waals surface area contributed by atoms with Crippen LogP contribution in [0.2, 0.25) is 0 Å². The minimum atomic E-state index is 0.0616. The number of aromatic nitrogens is 2. The van der Waals surface area contributed by atoms with Crippen molar-refractivity contribution in [2.24, 2.45) is 0 Å². The van der Waals surface area contributed by atoms with Gasteiger partial charge in [-0.15, -0.1) is 0 Å². The summed E-state index contributed by atoms with van der Waals surface area (Å²) >= 11 is 0. The van der Waals surface area contributed by atoms with Crippen LogP contribution < -0.4 is 10.1 Å². The Morgan fingerprint density at radius 1 is 1.26 bits per heavy atom. The highest BCUT2D eigenvalue weighted by Crippen LogP contribution is 2.36. The first-order chi connectivity index (χ1) is 13.1. The van der Waals surface area contributed by atoms with Crippen molar-refractivity contribution in [3.05, 3.63) is 53.0 Å². The molecule has 2 N–H and O–H groups in total. The van der Waals surface area contributed by atoms with Crippen LogP contribution in [0.15, 0.2) is 30.3 Å². The van der Waals surface area contributed by atoms with E-state index in [2.05, 4.69) is 53.0 Å². The number of H-pyrrole nitrogens is 1. The highest BCUT2D eigenvalue weighted by atomic mass is 16.5. The third kappa shape index (κ3) is 3.34. The Morgan fingerprint density at radius 3 is 2.78 bits per heavy atom. The van der Waals surface area contributed by atoms with Crippen molar-refractivity contribution in [2.75, 3.05) is 7.11 Å². The lowest BCUT2D eigenvalue weighted by Crippen LogP contribution is -2.31. The summed E-state index contributed by atoms with van der Waals surface area (Å²) in [5.74, 6) is 0.976. The maximum Gasteiger partial charge on any atom is 0.222 e. The molecule has 27 heavy (non-hydrogen) atoms. The van der Waals surface area contributed by atoms with E-state index in [1.807, 2.05) is 6.07 Å². The Kier molecular flexibility index (Phi) is 4.68. The van der Waals surface area contributed by atoms with Gasteiger partial charge in [0, 0.05) is 41.0 Å². The molecule has 4 rings (SSSR count). The molecule has 142 valence electrons. The minimum absolute atomic E-state index is 0.0616. The lowest BCUT2D eigenvalue weighted by molar-refractivity contribution is -0.122. The summed E-state index contributed by atoms with van der Waals surface area (Å²) in [6.07, 6.45) is 3.59. The summed E-state index contributed by atoms with van der Waals surface area (Å²) in [5.41, 5.74) is 5.99. The van der Waals surface area contributed by atoms with Gasteiger partial charge in [-0.25, -0.2) is 0 Å². The Bertz CT molecular complexity index is 964. The molecular weight excluding hydrogens is 338 g/mol. The number of hydrogen-bond acceptors (Lipinski definition) is 2. The zero-order valence-corrected chi connectivity index (χ0v) is 16.3. The fourth-order valence-corrected chi connectivity index (χ4v) is 4.24. The molecule has 5 heteroatoms. The molecule has 0 fully saturated rings. The van der Waals surface area contributed by atoms with Crippen molar-refractivity contribution in [1.29, 1.82) is 0 Å². The molecule has 2 aromatic heterocycles. The molecule has 2 heterocycles. The predicted molar refractivity (Wildman–Crippen MR) is 107 cm³/mol. The number of nitrogens with one attached hydrogen (secondary N) is 2. The van der Waals surface area contributed by atoms with Crippen LogP contribution in [0.1, 0.15) is 47.9 Å². The smallest absolute Gasteiger partial charge is 0.222 e. The summed E-state index contributed by atoms with van der Waals surface area (Å²) in [6.45, 7) is 4.88. The molecule has 5 nitrogen and oxygen atoms in total. The second-order valence-electron chi connectivity index (χ2n) is 7.46. The third-order valence-corrected chi connectivity index (χ3v) is 5.73. The maximum absolute atomic E-state index is 12.6. The lowest BCUT2D eigenvalue weighted by atomic mass is 9.91. The van der Waals surface area contributed by atoms with E-state index < -0.39 is 0 Å². The van der Waals surface area contributed by atoms with Crippen LogP contribution in [0.3, 0.4) is 0 Å². The van der Waals surface area contributed by atoms with Gasteiger partial charge in [0.1, 0.15) is 5.75 Å². The first kappa shape index (κ1) is 17.7. The van der Waals surface area contributed by atoms with Crippen molar-refractivity contribution < 1.29 is 9.53 Å². The number of methoxy groups -OCH3 is 1. The predicted octanol–water partition coefficient (Wildman–Crippen LogP) is 4.18. The summed E-state index contributed by atoms with van der Waals surface area (Å²) in [6, 6.07) is 10.4. The van der Waals surface area contributed by atoms with Crippen LogP contribution >= 0.6 is 0 Å². The van der Waals surface area contributed by atoms with Crippen molar-refractivity contribution in [3.8, 4) is 5.75 Å². The molecule has 0 saturated heterocycles. The zero-order valence-electron chi connectivity index (χ0n) is 16.3. The molecule has 1 aliphatic carbocycles. The van der Waals surface area contributed by atoms with E-state index in [1.54, 1.807) is 7.11 Å². The Labute approximate surface area is 159 Å². The van der Waals surface area contributed by atoms with E-state index in [0.717, 1.165) is 42.8 Å². The van der Waals surface area contributed by atoms with Crippen molar-refractivity contribution in [2.45, 2.75) is 52.1 Å². The van der Waals surface area contributed by atoms with Crippen LogP contribution in [0, 0.1) is 13.8 Å². The largest absolute Gasteiger partial charge is 0.497 e. The number of hydrogen-bond donors (Lipinski definition) is 2. The molecular formula is C22H27N3O2. The molecule has 0 aliphatic heterocycles. The van der Waals surface area contributed by atoms with E-state index in [1.165, 1.54) is 22.3 Å². The molecule has 3 aromatic rings. The molecule has 1 unspecified atom stereocenters. The van der Waals surface area contributed by atoms with Gasteiger partial charge in [0.05, 0.1) is 13.2 Å². The van der Waals surface area contributed by atoms with E-state index >= 15 is 0 Å². The van der Waals surface area contributed by atoms with E-state index in [0.29, 0.717) is 6.42 Å². The fourth-order valence-electron chi connectivity index (χ4n) is 4.24. The third-order valence-electron chi connectivity index (χ3n) is 5.73. The van der Waals surface area contributed by atoms with Gasteiger partial charge >= 0.3 is 0 Å². The van der Waals surface area contributed by atoms with Crippen LogP contribution in [0.5, 0.6) is 5.75 Å². The van der Waals surface area contributed by atoms with Gasteiger partial charge in [-0.05, 0) is 69.0 Å². The normalized spacial score (nSPS) is 16.3. The number of fused-ring (bicyclic) bond motifs is 3. The van der Waals surface area contributed by atoms with E-state index in [4.69, 9.17) is 4.74 Å². The molecule has 0 saturated carbocycles. The van der Waals surface area contributed by atoms with Gasteiger partial charge in [-0.1, -0.05) is 0 Å². The number of rotatable bonds is 5. The number of aromatic amines is 1. The number of carbonyl (C=O) groups is 1. The highest BCUT2D eigenvalue weighted by Gasteiger charge is 2.25. The Hall–Kier alpha value is -2.69. The Balaban J connectivity index is 1.50. The van der Waals surface area contributed by atoms with Crippen molar-refractivity contribution in [1.82, 2.24) is 14.9 Å². The quantitative estimate of drug-likeness (QED) is 0.713. The average molecular weight is 365 g/mol. The van der Waals surface area contributed by atoms with Gasteiger partial charge in [-0.2, -0.15) is 0 Å². The summed E-state index contributed by atoms with van der Waals surface area (Å²) in [4.78, 5) is 16.1. The van der Waals surface area contributed by atoms with Gasteiger partial charge in [0.2, 0.25) is 5.91 Å². The van der Waals surface area contributed by atoms with Gasteiger partial charge in [-0.3, -0.25) is 4.79 Å². The first-order valence-corrected chi connectivity index (χ1v) is 9.67. The van der Waals surface area contributed by atoms with Gasteiger partial charge < -0.3 is 19.6 Å². The van der Waals surface area contributed by atoms with E-state index in [9.17, 15) is 4.79 Å². The SMILES string of the molecule is COc1ccc2[nH]c3c(c2c1)CCCC3NC(=O)CCn1c(C)ccc1C. The van der Waals surface area contributed by atoms with Crippen LogP contribution in [0.4, 0.5) is 0 Å². The summed E-state index contributed by atoms with van der Waals surface area (Å²) in [7, 11) is 1.69. The van der Waals surface area contributed by atoms with Crippen LogP contribution in [-0.4, -0.2) is 22.6 Å². The van der Waals surface area contributed by atoms with Crippen LogP contribution in [0.25, 0.3) is 10.9 Å². The van der Waals surface area contributed by atoms with E-state index in [-0.39, 0.29) is 11.9 Å². The van der Waals surface area contributed by atoms with Gasteiger partial charge in [0.15, 0.2) is 0 Å². The molecule has 1 aliphatic rings. The Morgan fingerprint density at radius 2 is 2.04 bits per heavy atom. The fraction of sp³-hybridized carbons (Fsp3) is 0.409. The topological polar surface area (TPSA) is 59.0 Å². The number of ether oxygens (including phenoxy) is 1. The molecule has 1 atom stereocenters. The minimum Gasteiger partial charge on any atom is -0.497 e. The van der Waals surface area contributed by atoms with Crippen LogP contribution in [-0.2, 0) is 17.8 Å². The monoisotopic (exact) mass is 365 g/mol. The van der Waals surface area contributed by atoms with Gasteiger partial charge in [0.25, 0.3) is 0 Å². The summed E-state index contributed by atoms with van der Waals surface area (Å²) in [5, 5.41) is 4.46. The highest BCUT2D eigenvalue weighted by molar-refractivity contribution is 5.87. The molecule has 0 bridgehead atoms. The number of carbonyl (C=O) groups excluding carboxylic acids is 1. The molecule has 0 spiro atoms. The number of nitrogens with zero attached hydrogens (tertiary/aromatic N) is 1. The molecule has 1 aromatic carbocycles. The first-order valence-electron chi connectivity index (χ1n) is 9.67. The second-order valence-corrected chi connectivity index (χ2v) is 7.46. The number of aryl methyl sites for hydroxylation is 3. The molecule has 0 radical (unpaired) electrons. The lowest BCUT2D eigenvalue weighted by Gasteiger charge is -2.24. The zero-order chi connectivity index (χ0) is 19.0. The summed E-state index contributed by atoms with van der Waals surface area (Å²) < 4.78 is 7.57. The second kappa shape index (κ2) is 7.14. The van der Waals surface area contributed by atoms with Crippen molar-refractivity contribution >= 4 is 16.8 Å². The number of benzene rings is 1. The number of amides is 1. The average Bonchev–Trinajstić information content (AvgIpc) is 3.20. The maximum atomic E-state index is 12.6.